The van der Waals surface area contributed by atoms with Gasteiger partial charge in [-0.15, -0.1) is 0 Å². The van der Waals surface area contributed by atoms with E-state index in [4.69, 9.17) is 9.47 Å². The van der Waals surface area contributed by atoms with Crippen LogP contribution in [0.5, 0.6) is 5.75 Å². The van der Waals surface area contributed by atoms with Gasteiger partial charge in [0.1, 0.15) is 11.9 Å². The number of rotatable bonds is 6. The number of carbonyl (C=O) groups is 1. The zero-order valence-corrected chi connectivity index (χ0v) is 10.5. The number of ether oxygens (including phenoxy) is 2. The van der Waals surface area contributed by atoms with E-state index >= 15 is 0 Å². The summed E-state index contributed by atoms with van der Waals surface area (Å²) in [6.07, 6.45) is 0.549. The summed E-state index contributed by atoms with van der Waals surface area (Å²) in [6.45, 7) is 2.22. The Kier molecular flexibility index (Phi) is 5.49. The van der Waals surface area contributed by atoms with Gasteiger partial charge in [0.05, 0.1) is 7.11 Å². The Bertz CT molecular complexity index is 348. The van der Waals surface area contributed by atoms with E-state index < -0.39 is 0 Å². The van der Waals surface area contributed by atoms with Crippen LogP contribution in [0.15, 0.2) is 24.3 Å². The van der Waals surface area contributed by atoms with Gasteiger partial charge in [0.25, 0.3) is 0 Å². The second kappa shape index (κ2) is 6.91. The summed E-state index contributed by atoms with van der Waals surface area (Å²) in [6, 6.07) is 7.57. The van der Waals surface area contributed by atoms with E-state index in [0.29, 0.717) is 0 Å². The first-order chi connectivity index (χ1) is 8.17. The number of hydrogen-bond acceptors (Lipinski definition) is 4. The highest BCUT2D eigenvalue weighted by Crippen LogP contribution is 2.23. The molecule has 1 N–H and O–H groups in total. The van der Waals surface area contributed by atoms with Crippen LogP contribution in [-0.2, 0) is 9.53 Å². The Morgan fingerprint density at radius 2 is 2.00 bits per heavy atom. The summed E-state index contributed by atoms with van der Waals surface area (Å²) in [5.41, 5.74) is 0.983. The molecule has 0 aliphatic rings. The molecule has 0 radical (unpaired) electrons. The maximum absolute atomic E-state index is 11.0. The van der Waals surface area contributed by atoms with Crippen LogP contribution >= 0.6 is 0 Å². The molecule has 0 amide bonds. The molecular formula is C13H19NO3. The quantitative estimate of drug-likeness (QED) is 0.768. The largest absolute Gasteiger partial charge is 0.497 e. The minimum atomic E-state index is -0.262. The van der Waals surface area contributed by atoms with Crippen molar-refractivity contribution in [3.63, 3.8) is 0 Å². The van der Waals surface area contributed by atoms with Crippen LogP contribution in [0.2, 0.25) is 0 Å². The summed E-state index contributed by atoms with van der Waals surface area (Å²) in [5.74, 6) is 0.533. The summed E-state index contributed by atoms with van der Waals surface area (Å²) in [7, 11) is 3.50. The Labute approximate surface area is 102 Å². The molecule has 0 unspecified atom stereocenters. The molecule has 1 rings (SSSR count). The smallest absolute Gasteiger partial charge is 0.303 e. The van der Waals surface area contributed by atoms with Gasteiger partial charge in [-0.2, -0.15) is 0 Å². The lowest BCUT2D eigenvalue weighted by Gasteiger charge is -2.17. The Hall–Kier alpha value is -1.55. The molecule has 1 aromatic rings. The fraction of sp³-hybridized carbons (Fsp3) is 0.462. The molecule has 94 valence electrons. The molecule has 0 aromatic heterocycles. The van der Waals surface area contributed by atoms with Crippen LogP contribution in [0, 0.1) is 0 Å². The topological polar surface area (TPSA) is 47.6 Å². The van der Waals surface area contributed by atoms with Gasteiger partial charge in [0, 0.05) is 13.3 Å². The van der Waals surface area contributed by atoms with Gasteiger partial charge < -0.3 is 14.8 Å². The monoisotopic (exact) mass is 237 g/mol. The van der Waals surface area contributed by atoms with E-state index in [0.717, 1.165) is 24.3 Å². The maximum atomic E-state index is 11.0. The number of nitrogens with one attached hydrogen (secondary N) is 1. The molecule has 1 atom stereocenters. The number of esters is 1. The molecular weight excluding hydrogens is 218 g/mol. The summed E-state index contributed by atoms with van der Waals surface area (Å²) in [5, 5.41) is 3.05. The molecule has 0 fully saturated rings. The summed E-state index contributed by atoms with van der Waals surface area (Å²) in [4.78, 5) is 11.0. The molecule has 1 aromatic carbocycles. The third-order valence-electron chi connectivity index (χ3n) is 2.45. The molecule has 4 heteroatoms. The fourth-order valence-electron chi connectivity index (χ4n) is 1.59. The molecule has 0 bridgehead atoms. The molecule has 0 aliphatic heterocycles. The van der Waals surface area contributed by atoms with Crippen molar-refractivity contribution in [1.29, 1.82) is 0 Å². The van der Waals surface area contributed by atoms with Gasteiger partial charge in [-0.05, 0) is 31.3 Å². The number of hydrogen-bond donors (Lipinski definition) is 1. The van der Waals surface area contributed by atoms with Crippen LogP contribution in [0.1, 0.15) is 25.0 Å². The highest BCUT2D eigenvalue weighted by atomic mass is 16.5. The van der Waals surface area contributed by atoms with Crippen molar-refractivity contribution < 1.29 is 14.3 Å². The Balaban J connectivity index is 2.75. The first-order valence-corrected chi connectivity index (χ1v) is 5.63. The van der Waals surface area contributed by atoms with Crippen molar-refractivity contribution in [3.05, 3.63) is 29.8 Å². The van der Waals surface area contributed by atoms with Crippen LogP contribution < -0.4 is 10.1 Å². The maximum Gasteiger partial charge on any atom is 0.303 e. The van der Waals surface area contributed by atoms with E-state index in [1.54, 1.807) is 7.11 Å². The number of carbonyl (C=O) groups excluding carboxylic acids is 1. The van der Waals surface area contributed by atoms with Crippen molar-refractivity contribution in [2.24, 2.45) is 0 Å². The minimum absolute atomic E-state index is 0.203. The van der Waals surface area contributed by atoms with E-state index in [1.165, 1.54) is 6.92 Å². The third-order valence-corrected chi connectivity index (χ3v) is 2.45. The van der Waals surface area contributed by atoms with Gasteiger partial charge in [0.15, 0.2) is 0 Å². The SMILES string of the molecule is CNCC[C@H](OC(C)=O)c1ccc(OC)cc1. The number of benzene rings is 1. The van der Waals surface area contributed by atoms with Crippen LogP contribution in [0.25, 0.3) is 0 Å². The predicted octanol–water partition coefficient (Wildman–Crippen LogP) is 1.91. The minimum Gasteiger partial charge on any atom is -0.497 e. The van der Waals surface area contributed by atoms with E-state index in [-0.39, 0.29) is 12.1 Å². The molecule has 0 heterocycles. The zero-order chi connectivity index (χ0) is 12.7. The average molecular weight is 237 g/mol. The van der Waals surface area contributed by atoms with Gasteiger partial charge in [-0.25, -0.2) is 0 Å². The van der Waals surface area contributed by atoms with Crippen molar-refractivity contribution in [2.45, 2.75) is 19.4 Å². The van der Waals surface area contributed by atoms with Crippen LogP contribution in [-0.4, -0.2) is 26.7 Å². The lowest BCUT2D eigenvalue weighted by atomic mass is 10.1. The van der Waals surface area contributed by atoms with Crippen molar-refractivity contribution in [1.82, 2.24) is 5.32 Å². The van der Waals surface area contributed by atoms with Gasteiger partial charge in [0.2, 0.25) is 0 Å². The molecule has 0 aliphatic carbocycles. The van der Waals surface area contributed by atoms with Crippen molar-refractivity contribution in [2.75, 3.05) is 20.7 Å². The number of methoxy groups -OCH3 is 1. The molecule has 17 heavy (non-hydrogen) atoms. The van der Waals surface area contributed by atoms with Crippen molar-refractivity contribution in [3.8, 4) is 5.75 Å². The van der Waals surface area contributed by atoms with Crippen LogP contribution in [0.3, 0.4) is 0 Å². The predicted molar refractivity (Wildman–Crippen MR) is 66.0 cm³/mol. The average Bonchev–Trinajstić information content (AvgIpc) is 2.34. The van der Waals surface area contributed by atoms with Gasteiger partial charge in [-0.1, -0.05) is 12.1 Å². The summed E-state index contributed by atoms with van der Waals surface area (Å²) >= 11 is 0. The highest BCUT2D eigenvalue weighted by Gasteiger charge is 2.14. The standard InChI is InChI=1S/C13H19NO3/c1-10(15)17-13(8-9-14-2)11-4-6-12(16-3)7-5-11/h4-7,13-14H,8-9H2,1-3H3/t13-/m0/s1. The Morgan fingerprint density at radius 1 is 1.35 bits per heavy atom. The molecule has 0 saturated heterocycles. The summed E-state index contributed by atoms with van der Waals surface area (Å²) < 4.78 is 10.4. The first-order valence-electron chi connectivity index (χ1n) is 5.63. The van der Waals surface area contributed by atoms with Gasteiger partial charge >= 0.3 is 5.97 Å². The first kappa shape index (κ1) is 13.5. The fourth-order valence-corrected chi connectivity index (χ4v) is 1.59. The van der Waals surface area contributed by atoms with E-state index in [1.807, 2.05) is 31.3 Å². The normalized spacial score (nSPS) is 11.9. The van der Waals surface area contributed by atoms with Gasteiger partial charge in [-0.3, -0.25) is 4.79 Å². The van der Waals surface area contributed by atoms with Crippen LogP contribution in [0.4, 0.5) is 0 Å². The molecule has 0 saturated carbocycles. The lowest BCUT2D eigenvalue weighted by molar-refractivity contribution is -0.147. The lowest BCUT2D eigenvalue weighted by Crippen LogP contribution is -2.16. The van der Waals surface area contributed by atoms with E-state index in [2.05, 4.69) is 5.32 Å². The second-order valence-electron chi connectivity index (χ2n) is 3.76. The Morgan fingerprint density at radius 3 is 2.47 bits per heavy atom. The third kappa shape index (κ3) is 4.44. The second-order valence-corrected chi connectivity index (χ2v) is 3.76. The zero-order valence-electron chi connectivity index (χ0n) is 10.5. The van der Waals surface area contributed by atoms with E-state index in [9.17, 15) is 4.79 Å². The van der Waals surface area contributed by atoms with Crippen molar-refractivity contribution >= 4 is 5.97 Å². The molecule has 4 nitrogen and oxygen atoms in total. The molecule has 0 spiro atoms. The highest BCUT2D eigenvalue weighted by molar-refractivity contribution is 5.66.